The number of carbonyl (C=O) groups is 3. The molecule has 8 heteroatoms. The van der Waals surface area contributed by atoms with Crippen LogP contribution in [0.3, 0.4) is 0 Å². The molecule has 0 aliphatic heterocycles. The molecule has 0 saturated heterocycles. The van der Waals surface area contributed by atoms with Gasteiger partial charge >= 0.3 is 18.0 Å². The molecule has 0 radical (unpaired) electrons. The topological polar surface area (TPSA) is 85.4 Å². The lowest BCUT2D eigenvalue weighted by Crippen LogP contribution is -2.35. The Morgan fingerprint density at radius 1 is 0.489 bits per heavy atom. The van der Waals surface area contributed by atoms with E-state index in [1.165, 1.54) is 57.8 Å². The number of esters is 2. The molecule has 0 fully saturated rings. The van der Waals surface area contributed by atoms with Crippen LogP contribution in [0.2, 0.25) is 0 Å². The van der Waals surface area contributed by atoms with Crippen molar-refractivity contribution in [3.63, 3.8) is 0 Å². The summed E-state index contributed by atoms with van der Waals surface area (Å²) >= 11 is 0. The normalized spacial score (nSPS) is 11.3. The van der Waals surface area contributed by atoms with Crippen LogP contribution in [0.25, 0.3) is 0 Å². The van der Waals surface area contributed by atoms with Gasteiger partial charge in [0, 0.05) is 32.5 Å². The van der Waals surface area contributed by atoms with E-state index in [9.17, 15) is 14.4 Å². The summed E-state index contributed by atoms with van der Waals surface area (Å²) in [6.07, 6.45) is 29.1. The van der Waals surface area contributed by atoms with Gasteiger partial charge in [0.05, 0.1) is 6.61 Å². The average Bonchev–Trinajstić information content (AvgIpc) is 3.05. The highest BCUT2D eigenvalue weighted by molar-refractivity contribution is 5.69. The van der Waals surface area contributed by atoms with E-state index in [-0.39, 0.29) is 18.0 Å². The minimum atomic E-state index is -0.228. The Morgan fingerprint density at radius 2 is 0.979 bits per heavy atom. The van der Waals surface area contributed by atoms with Crippen LogP contribution in [0.5, 0.6) is 0 Å². The molecule has 0 rings (SSSR count). The van der Waals surface area contributed by atoms with Crippen LogP contribution in [0, 0.1) is 0 Å². The molecule has 0 spiro atoms. The van der Waals surface area contributed by atoms with Gasteiger partial charge in [0.2, 0.25) is 0 Å². The molecule has 47 heavy (non-hydrogen) atoms. The number of likely N-dealkylation sites (N-methyl/N-ethyl adjacent to an activating group) is 1. The number of hydrogen-bond acceptors (Lipinski definition) is 7. The van der Waals surface area contributed by atoms with Crippen molar-refractivity contribution in [3.8, 4) is 0 Å². The fraction of sp³-hybridized carbons (Fsp3) is 0.872. The second kappa shape index (κ2) is 35.2. The smallest absolute Gasteiger partial charge is 0.409 e. The molecule has 0 heterocycles. The molecule has 0 aliphatic carbocycles. The quantitative estimate of drug-likeness (QED) is 0.0292. The standard InChI is InChI=1S/C39H74N2O6/c1-5-7-9-11-13-21-27-34-45-37(42)29-23-17-15-19-25-31-41(39(44)47-36-33-40(3)4)32-26-20-16-18-24-30-38(43)46-35-28-22-14-12-10-8-6-2/h21,27H,5-20,22-26,28-36H2,1-4H3/b27-21-. The summed E-state index contributed by atoms with van der Waals surface area (Å²) in [4.78, 5) is 40.6. The highest BCUT2D eigenvalue weighted by atomic mass is 16.6. The van der Waals surface area contributed by atoms with Crippen molar-refractivity contribution < 1.29 is 28.6 Å². The Kier molecular flexibility index (Phi) is 33.7. The van der Waals surface area contributed by atoms with E-state index < -0.39 is 0 Å². The van der Waals surface area contributed by atoms with Crippen molar-refractivity contribution in [1.29, 1.82) is 0 Å². The van der Waals surface area contributed by atoms with Crippen LogP contribution in [0.1, 0.15) is 168 Å². The molecular weight excluding hydrogens is 592 g/mol. The first-order chi connectivity index (χ1) is 22.9. The molecule has 0 N–H and O–H groups in total. The monoisotopic (exact) mass is 667 g/mol. The lowest BCUT2D eigenvalue weighted by molar-refractivity contribution is -0.144. The molecule has 0 aliphatic rings. The van der Waals surface area contributed by atoms with Gasteiger partial charge < -0.3 is 24.0 Å². The highest BCUT2D eigenvalue weighted by Gasteiger charge is 2.14. The van der Waals surface area contributed by atoms with Crippen LogP contribution in [-0.4, -0.2) is 81.4 Å². The van der Waals surface area contributed by atoms with Gasteiger partial charge in [-0.2, -0.15) is 0 Å². The van der Waals surface area contributed by atoms with Crippen LogP contribution < -0.4 is 0 Å². The van der Waals surface area contributed by atoms with Crippen molar-refractivity contribution in [1.82, 2.24) is 9.80 Å². The van der Waals surface area contributed by atoms with E-state index in [2.05, 4.69) is 19.9 Å². The third-order valence-corrected chi connectivity index (χ3v) is 8.38. The first kappa shape index (κ1) is 44.9. The lowest BCUT2D eigenvalue weighted by Gasteiger charge is -2.23. The zero-order valence-corrected chi connectivity index (χ0v) is 31.2. The number of carbonyl (C=O) groups excluding carboxylic acids is 3. The number of unbranched alkanes of at least 4 members (excludes halogenated alkanes) is 18. The van der Waals surface area contributed by atoms with Gasteiger partial charge in [-0.3, -0.25) is 9.59 Å². The highest BCUT2D eigenvalue weighted by Crippen LogP contribution is 2.12. The number of ether oxygens (including phenoxy) is 3. The summed E-state index contributed by atoms with van der Waals surface area (Å²) in [7, 11) is 3.93. The van der Waals surface area contributed by atoms with Crippen molar-refractivity contribution in [2.24, 2.45) is 0 Å². The lowest BCUT2D eigenvalue weighted by atomic mass is 10.1. The Bertz CT molecular complexity index is 758. The number of hydrogen-bond donors (Lipinski definition) is 0. The van der Waals surface area contributed by atoms with Gasteiger partial charge in [0.15, 0.2) is 0 Å². The maximum Gasteiger partial charge on any atom is 0.409 e. The SMILES string of the molecule is CCCCCC/C=C\COC(=O)CCCCCCCN(CCCCCCCC(=O)OCCCCCCCCC)C(=O)OCCN(C)C. The summed E-state index contributed by atoms with van der Waals surface area (Å²) in [6.45, 7) is 7.86. The second-order valence-corrected chi connectivity index (χ2v) is 13.3. The zero-order valence-electron chi connectivity index (χ0n) is 31.2. The van der Waals surface area contributed by atoms with Crippen LogP contribution in [-0.2, 0) is 23.8 Å². The fourth-order valence-electron chi connectivity index (χ4n) is 5.31. The van der Waals surface area contributed by atoms with Crippen molar-refractivity contribution in [3.05, 3.63) is 12.2 Å². The second-order valence-electron chi connectivity index (χ2n) is 13.3. The predicted octanol–water partition coefficient (Wildman–Crippen LogP) is 10.0. The van der Waals surface area contributed by atoms with E-state index in [1.54, 1.807) is 0 Å². The summed E-state index contributed by atoms with van der Waals surface area (Å²) in [5.74, 6) is -0.190. The van der Waals surface area contributed by atoms with Gasteiger partial charge in [0.25, 0.3) is 0 Å². The average molecular weight is 667 g/mol. The van der Waals surface area contributed by atoms with Crippen LogP contribution >= 0.6 is 0 Å². The van der Waals surface area contributed by atoms with Crippen molar-refractivity contribution in [2.45, 2.75) is 168 Å². The minimum absolute atomic E-state index is 0.0706. The van der Waals surface area contributed by atoms with E-state index in [1.807, 2.05) is 30.0 Å². The molecule has 276 valence electrons. The van der Waals surface area contributed by atoms with Crippen LogP contribution in [0.15, 0.2) is 12.2 Å². The van der Waals surface area contributed by atoms with E-state index in [0.29, 0.717) is 52.3 Å². The summed E-state index contributed by atoms with van der Waals surface area (Å²) in [5, 5.41) is 0. The number of allylic oxidation sites excluding steroid dienone is 1. The zero-order chi connectivity index (χ0) is 34.6. The molecule has 0 atom stereocenters. The molecule has 0 saturated carbocycles. The Balaban J connectivity index is 4.03. The molecule has 0 unspecified atom stereocenters. The minimum Gasteiger partial charge on any atom is -0.466 e. The van der Waals surface area contributed by atoms with Gasteiger partial charge in [-0.05, 0) is 59.0 Å². The van der Waals surface area contributed by atoms with E-state index in [0.717, 1.165) is 83.5 Å². The van der Waals surface area contributed by atoms with Crippen molar-refractivity contribution in [2.75, 3.05) is 53.6 Å². The van der Waals surface area contributed by atoms with Gasteiger partial charge in [0.1, 0.15) is 13.2 Å². The predicted molar refractivity (Wildman–Crippen MR) is 195 cm³/mol. The Hall–Kier alpha value is -2.09. The largest absolute Gasteiger partial charge is 0.466 e. The molecule has 0 aromatic heterocycles. The van der Waals surface area contributed by atoms with E-state index in [4.69, 9.17) is 14.2 Å². The molecular formula is C39H74N2O6. The third kappa shape index (κ3) is 33.6. The Labute approximate surface area is 289 Å². The molecule has 1 amide bonds. The van der Waals surface area contributed by atoms with Crippen LogP contribution in [0.4, 0.5) is 4.79 Å². The van der Waals surface area contributed by atoms with Gasteiger partial charge in [-0.25, -0.2) is 4.79 Å². The first-order valence-corrected chi connectivity index (χ1v) is 19.4. The van der Waals surface area contributed by atoms with E-state index >= 15 is 0 Å². The number of nitrogens with zero attached hydrogens (tertiary/aromatic N) is 2. The third-order valence-electron chi connectivity index (χ3n) is 8.38. The molecule has 0 aromatic carbocycles. The molecule has 0 aromatic rings. The Morgan fingerprint density at radius 3 is 1.55 bits per heavy atom. The molecule has 0 bridgehead atoms. The summed E-state index contributed by atoms with van der Waals surface area (Å²) in [6, 6.07) is 0. The maximum absolute atomic E-state index is 12.8. The summed E-state index contributed by atoms with van der Waals surface area (Å²) in [5.41, 5.74) is 0. The number of rotatable bonds is 34. The number of amides is 1. The fourth-order valence-corrected chi connectivity index (χ4v) is 5.31. The molecule has 8 nitrogen and oxygen atoms in total. The maximum atomic E-state index is 12.8. The van der Waals surface area contributed by atoms with Gasteiger partial charge in [-0.1, -0.05) is 122 Å². The summed E-state index contributed by atoms with van der Waals surface area (Å²) < 4.78 is 16.2. The van der Waals surface area contributed by atoms with Crippen molar-refractivity contribution >= 4 is 18.0 Å². The first-order valence-electron chi connectivity index (χ1n) is 19.4. The van der Waals surface area contributed by atoms with Gasteiger partial charge in [-0.15, -0.1) is 0 Å².